The molecular formula is C11H20N4. The van der Waals surface area contributed by atoms with Gasteiger partial charge < -0.3 is 10.6 Å². The van der Waals surface area contributed by atoms with Crippen LogP contribution in [0.25, 0.3) is 0 Å². The summed E-state index contributed by atoms with van der Waals surface area (Å²) < 4.78 is 0. The zero-order valence-corrected chi connectivity index (χ0v) is 10.2. The van der Waals surface area contributed by atoms with Crippen LogP contribution in [0.4, 0.5) is 11.6 Å². The first-order valence-electron chi connectivity index (χ1n) is 5.28. The van der Waals surface area contributed by atoms with Gasteiger partial charge in [0.2, 0.25) is 0 Å². The molecule has 0 radical (unpaired) electrons. The molecule has 1 aromatic heterocycles. The summed E-state index contributed by atoms with van der Waals surface area (Å²) in [7, 11) is 1.86. The number of anilines is 2. The van der Waals surface area contributed by atoms with Gasteiger partial charge in [-0.15, -0.1) is 0 Å². The molecule has 1 rings (SSSR count). The minimum Gasteiger partial charge on any atom is -0.373 e. The summed E-state index contributed by atoms with van der Waals surface area (Å²) in [6.45, 7) is 8.38. The van der Waals surface area contributed by atoms with E-state index >= 15 is 0 Å². The summed E-state index contributed by atoms with van der Waals surface area (Å²) >= 11 is 0. The summed E-state index contributed by atoms with van der Waals surface area (Å²) in [5.74, 6) is 2.58. The molecule has 0 spiro atoms. The highest BCUT2D eigenvalue weighted by atomic mass is 15.1. The second-order valence-electron chi connectivity index (χ2n) is 4.53. The lowest BCUT2D eigenvalue weighted by atomic mass is 10.1. The molecule has 0 fully saturated rings. The minimum atomic E-state index is 0.0182. The number of rotatable bonds is 3. The van der Waals surface area contributed by atoms with Crippen LogP contribution in [0.5, 0.6) is 0 Å². The minimum absolute atomic E-state index is 0.0182. The Morgan fingerprint density at radius 3 is 2.27 bits per heavy atom. The Labute approximate surface area is 91.5 Å². The van der Waals surface area contributed by atoms with E-state index in [1.807, 2.05) is 13.1 Å². The van der Waals surface area contributed by atoms with E-state index in [1.54, 1.807) is 0 Å². The molecule has 1 heterocycles. The highest BCUT2D eigenvalue weighted by molar-refractivity contribution is 5.48. The molecule has 0 aromatic carbocycles. The Bertz CT molecular complexity index is 306. The van der Waals surface area contributed by atoms with E-state index in [1.165, 1.54) is 0 Å². The molecule has 0 amide bonds. The average Bonchev–Trinajstić information content (AvgIpc) is 2.14. The fraction of sp³-hybridized carbons (Fsp3) is 0.636. The van der Waals surface area contributed by atoms with Crippen LogP contribution in [0.15, 0.2) is 6.07 Å². The van der Waals surface area contributed by atoms with E-state index in [9.17, 15) is 0 Å². The maximum Gasteiger partial charge on any atom is 0.132 e. The third kappa shape index (κ3) is 3.73. The third-order valence-electron chi connectivity index (χ3n) is 1.85. The number of nitrogens with one attached hydrogen (secondary N) is 2. The smallest absolute Gasteiger partial charge is 0.132 e. The highest BCUT2D eigenvalue weighted by Gasteiger charge is 2.11. The fourth-order valence-electron chi connectivity index (χ4n) is 1.23. The number of aryl methyl sites for hydroxylation is 1. The van der Waals surface area contributed by atoms with E-state index in [0.29, 0.717) is 0 Å². The van der Waals surface area contributed by atoms with Crippen molar-refractivity contribution in [2.24, 2.45) is 0 Å². The Balaban J connectivity index is 2.97. The second-order valence-corrected chi connectivity index (χ2v) is 4.53. The molecule has 0 unspecified atom stereocenters. The van der Waals surface area contributed by atoms with Crippen molar-refractivity contribution in [3.63, 3.8) is 0 Å². The van der Waals surface area contributed by atoms with Crippen LogP contribution >= 0.6 is 0 Å². The van der Waals surface area contributed by atoms with Gasteiger partial charge in [0.05, 0.1) is 0 Å². The lowest BCUT2D eigenvalue weighted by Crippen LogP contribution is -2.27. The monoisotopic (exact) mass is 208 g/mol. The number of hydrogen-bond donors (Lipinski definition) is 2. The molecule has 0 aliphatic carbocycles. The Morgan fingerprint density at radius 1 is 1.20 bits per heavy atom. The zero-order valence-electron chi connectivity index (χ0n) is 10.2. The molecule has 84 valence electrons. The van der Waals surface area contributed by atoms with Gasteiger partial charge >= 0.3 is 0 Å². The highest BCUT2D eigenvalue weighted by Crippen LogP contribution is 2.15. The summed E-state index contributed by atoms with van der Waals surface area (Å²) in [5.41, 5.74) is 0.0182. The van der Waals surface area contributed by atoms with Crippen molar-refractivity contribution >= 4 is 11.6 Å². The molecule has 2 N–H and O–H groups in total. The van der Waals surface area contributed by atoms with Gasteiger partial charge in [-0.05, 0) is 20.8 Å². The largest absolute Gasteiger partial charge is 0.373 e. The first-order valence-corrected chi connectivity index (χ1v) is 5.28. The van der Waals surface area contributed by atoms with Gasteiger partial charge in [0.1, 0.15) is 17.5 Å². The van der Waals surface area contributed by atoms with Crippen LogP contribution in [-0.2, 0) is 6.42 Å². The third-order valence-corrected chi connectivity index (χ3v) is 1.85. The van der Waals surface area contributed by atoms with Crippen molar-refractivity contribution < 1.29 is 0 Å². The Morgan fingerprint density at radius 2 is 1.80 bits per heavy atom. The molecule has 0 aliphatic heterocycles. The van der Waals surface area contributed by atoms with Crippen molar-refractivity contribution in [2.45, 2.75) is 39.7 Å². The molecule has 0 saturated heterocycles. The lowest BCUT2D eigenvalue weighted by Gasteiger charge is -2.21. The molecule has 4 heteroatoms. The van der Waals surface area contributed by atoms with E-state index < -0.39 is 0 Å². The number of hydrogen-bond acceptors (Lipinski definition) is 4. The number of nitrogens with zero attached hydrogens (tertiary/aromatic N) is 2. The van der Waals surface area contributed by atoms with Crippen molar-refractivity contribution in [2.75, 3.05) is 17.7 Å². The predicted molar refractivity (Wildman–Crippen MR) is 64.3 cm³/mol. The molecule has 0 atom stereocenters. The van der Waals surface area contributed by atoms with E-state index in [4.69, 9.17) is 0 Å². The van der Waals surface area contributed by atoms with Crippen LogP contribution in [0.3, 0.4) is 0 Å². The maximum absolute atomic E-state index is 4.42. The molecule has 1 aromatic rings. The molecule has 0 saturated carbocycles. The first kappa shape index (κ1) is 11.8. The van der Waals surface area contributed by atoms with Gasteiger partial charge in [0.25, 0.3) is 0 Å². The average molecular weight is 208 g/mol. The van der Waals surface area contributed by atoms with E-state index in [0.717, 1.165) is 23.9 Å². The summed E-state index contributed by atoms with van der Waals surface area (Å²) in [6.07, 6.45) is 0.842. The van der Waals surface area contributed by atoms with Crippen LogP contribution in [0.1, 0.15) is 33.5 Å². The van der Waals surface area contributed by atoms with Crippen LogP contribution < -0.4 is 10.6 Å². The van der Waals surface area contributed by atoms with Gasteiger partial charge in [-0.3, -0.25) is 0 Å². The molecule has 4 nitrogen and oxygen atoms in total. The maximum atomic E-state index is 4.42. The van der Waals surface area contributed by atoms with Gasteiger partial charge in [0.15, 0.2) is 0 Å². The second kappa shape index (κ2) is 4.47. The number of aromatic nitrogens is 2. The van der Waals surface area contributed by atoms with Gasteiger partial charge in [-0.25, -0.2) is 9.97 Å². The van der Waals surface area contributed by atoms with Crippen molar-refractivity contribution in [3.8, 4) is 0 Å². The van der Waals surface area contributed by atoms with Crippen LogP contribution in [0.2, 0.25) is 0 Å². The van der Waals surface area contributed by atoms with Crippen molar-refractivity contribution in [1.29, 1.82) is 0 Å². The molecule has 15 heavy (non-hydrogen) atoms. The van der Waals surface area contributed by atoms with Gasteiger partial charge in [-0.2, -0.15) is 0 Å². The van der Waals surface area contributed by atoms with Crippen LogP contribution in [-0.4, -0.2) is 22.6 Å². The summed E-state index contributed by atoms with van der Waals surface area (Å²) in [4.78, 5) is 8.76. The summed E-state index contributed by atoms with van der Waals surface area (Å²) in [6, 6.07) is 1.92. The van der Waals surface area contributed by atoms with E-state index in [2.05, 4.69) is 48.3 Å². The van der Waals surface area contributed by atoms with Gasteiger partial charge in [-0.1, -0.05) is 6.92 Å². The zero-order chi connectivity index (χ0) is 11.5. The van der Waals surface area contributed by atoms with Crippen molar-refractivity contribution in [3.05, 3.63) is 11.9 Å². The normalized spacial score (nSPS) is 11.3. The SMILES string of the molecule is CCc1nc(NC)cc(NC(C)(C)C)n1. The molecule has 0 bridgehead atoms. The Hall–Kier alpha value is -1.32. The first-order chi connectivity index (χ1) is 6.94. The van der Waals surface area contributed by atoms with Gasteiger partial charge in [0, 0.05) is 25.1 Å². The van der Waals surface area contributed by atoms with E-state index in [-0.39, 0.29) is 5.54 Å². The molecular weight excluding hydrogens is 188 g/mol. The van der Waals surface area contributed by atoms with Crippen molar-refractivity contribution in [1.82, 2.24) is 9.97 Å². The standard InChI is InChI=1S/C11H20N4/c1-6-8-13-9(12-5)7-10(14-8)15-11(2,3)4/h7H,6H2,1-5H3,(H2,12,13,14,15). The Kier molecular flexibility index (Phi) is 3.50. The quantitative estimate of drug-likeness (QED) is 0.800. The topological polar surface area (TPSA) is 49.8 Å². The lowest BCUT2D eigenvalue weighted by molar-refractivity contribution is 0.629. The van der Waals surface area contributed by atoms with Crippen LogP contribution in [0, 0.1) is 0 Å². The molecule has 0 aliphatic rings. The fourth-order valence-corrected chi connectivity index (χ4v) is 1.23. The predicted octanol–water partition coefficient (Wildman–Crippen LogP) is 2.29. The summed E-state index contributed by atoms with van der Waals surface area (Å²) in [5, 5.41) is 6.38.